The van der Waals surface area contributed by atoms with Gasteiger partial charge in [-0.25, -0.2) is 4.39 Å². The van der Waals surface area contributed by atoms with Crippen molar-refractivity contribution in [1.29, 1.82) is 0 Å². The molecule has 0 bridgehead atoms. The van der Waals surface area contributed by atoms with E-state index < -0.39 is 11.6 Å². The number of nitrogens with one attached hydrogen (secondary N) is 1. The fraction of sp³-hybridized carbons (Fsp3) is 0.571. The van der Waals surface area contributed by atoms with E-state index in [1.807, 2.05) is 13.8 Å². The van der Waals surface area contributed by atoms with Crippen molar-refractivity contribution in [3.63, 3.8) is 0 Å². The lowest BCUT2D eigenvalue weighted by atomic mass is 10.3. The second kappa shape index (κ2) is 8.82. The van der Waals surface area contributed by atoms with Crippen LogP contribution in [0.5, 0.6) is 5.75 Å². The maximum atomic E-state index is 13.2. The molecule has 108 valence electrons. The summed E-state index contributed by atoms with van der Waals surface area (Å²) in [6.45, 7) is 6.39. The molecule has 0 aliphatic rings. The minimum atomic E-state index is -0.937. The molecule has 0 aliphatic carbocycles. The number of hydrogen-bond donors (Lipinski definition) is 1. The second-order valence-corrected chi connectivity index (χ2v) is 4.42. The fourth-order valence-electron chi connectivity index (χ4n) is 1.47. The van der Waals surface area contributed by atoms with E-state index >= 15 is 0 Å². The lowest BCUT2D eigenvalue weighted by Crippen LogP contribution is -2.23. The molecule has 0 aliphatic heterocycles. The third-order valence-electron chi connectivity index (χ3n) is 2.40. The molecule has 1 aromatic rings. The van der Waals surface area contributed by atoms with Gasteiger partial charge in [0.1, 0.15) is 6.61 Å². The third-order valence-corrected chi connectivity index (χ3v) is 2.40. The molecular formula is C14H21F2NO2. The van der Waals surface area contributed by atoms with Crippen molar-refractivity contribution in [3.05, 3.63) is 29.8 Å². The molecule has 0 atom stereocenters. The van der Waals surface area contributed by atoms with E-state index in [-0.39, 0.29) is 11.9 Å². The highest BCUT2D eigenvalue weighted by Crippen LogP contribution is 2.18. The summed E-state index contributed by atoms with van der Waals surface area (Å²) in [7, 11) is 0. The van der Waals surface area contributed by atoms with Gasteiger partial charge in [0.25, 0.3) is 0 Å². The first-order chi connectivity index (χ1) is 9.11. The molecule has 0 unspecified atom stereocenters. The molecular weight excluding hydrogens is 252 g/mol. The van der Waals surface area contributed by atoms with E-state index in [9.17, 15) is 8.78 Å². The number of ether oxygens (including phenoxy) is 2. The number of halogens is 2. The van der Waals surface area contributed by atoms with Gasteiger partial charge >= 0.3 is 0 Å². The maximum Gasteiger partial charge on any atom is 0.200 e. The Balaban J connectivity index is 2.06. The van der Waals surface area contributed by atoms with Crippen LogP contribution >= 0.6 is 0 Å². The molecule has 0 saturated carbocycles. The Bertz CT molecular complexity index is 372. The molecule has 0 saturated heterocycles. The standard InChI is InChI=1S/C14H21F2NO2/c1-11(2)18-9-4-7-17-8-10-19-13-6-3-5-12(15)14(13)16/h3,5-6,11,17H,4,7-10H2,1-2H3. The van der Waals surface area contributed by atoms with Crippen LogP contribution in [0.3, 0.4) is 0 Å². The van der Waals surface area contributed by atoms with Crippen molar-refractivity contribution in [2.24, 2.45) is 0 Å². The molecule has 0 spiro atoms. The van der Waals surface area contributed by atoms with Gasteiger partial charge in [0.15, 0.2) is 11.6 Å². The van der Waals surface area contributed by atoms with Gasteiger partial charge in [0.05, 0.1) is 6.10 Å². The minimum absolute atomic E-state index is 0.0510. The predicted molar refractivity (Wildman–Crippen MR) is 70.4 cm³/mol. The molecule has 0 heterocycles. The summed E-state index contributed by atoms with van der Waals surface area (Å²) in [5, 5.41) is 3.14. The average Bonchev–Trinajstić information content (AvgIpc) is 2.37. The normalized spacial score (nSPS) is 11.0. The molecule has 1 N–H and O–H groups in total. The SMILES string of the molecule is CC(C)OCCCNCCOc1cccc(F)c1F. The second-order valence-electron chi connectivity index (χ2n) is 4.42. The van der Waals surface area contributed by atoms with Gasteiger partial charge in [0, 0.05) is 13.2 Å². The average molecular weight is 273 g/mol. The Hall–Kier alpha value is -1.20. The van der Waals surface area contributed by atoms with E-state index in [4.69, 9.17) is 9.47 Å². The quantitative estimate of drug-likeness (QED) is 0.702. The van der Waals surface area contributed by atoms with Crippen LogP contribution in [0.4, 0.5) is 8.78 Å². The van der Waals surface area contributed by atoms with Crippen LogP contribution in [0.2, 0.25) is 0 Å². The Kier molecular flexibility index (Phi) is 7.36. The Morgan fingerprint density at radius 1 is 1.16 bits per heavy atom. The van der Waals surface area contributed by atoms with Gasteiger partial charge in [0.2, 0.25) is 5.82 Å². The van der Waals surface area contributed by atoms with E-state index in [2.05, 4.69) is 5.32 Å². The topological polar surface area (TPSA) is 30.5 Å². The van der Waals surface area contributed by atoms with Crippen molar-refractivity contribution < 1.29 is 18.3 Å². The van der Waals surface area contributed by atoms with Crippen molar-refractivity contribution in [3.8, 4) is 5.75 Å². The minimum Gasteiger partial charge on any atom is -0.489 e. The zero-order valence-corrected chi connectivity index (χ0v) is 11.4. The van der Waals surface area contributed by atoms with Crippen molar-refractivity contribution in [1.82, 2.24) is 5.32 Å². The molecule has 3 nitrogen and oxygen atoms in total. The molecule has 0 radical (unpaired) electrons. The van der Waals surface area contributed by atoms with Crippen molar-refractivity contribution >= 4 is 0 Å². The van der Waals surface area contributed by atoms with Crippen molar-refractivity contribution in [2.45, 2.75) is 26.4 Å². The fourth-order valence-corrected chi connectivity index (χ4v) is 1.47. The Morgan fingerprint density at radius 2 is 1.95 bits per heavy atom. The highest BCUT2D eigenvalue weighted by Gasteiger charge is 2.07. The first-order valence-corrected chi connectivity index (χ1v) is 6.50. The Morgan fingerprint density at radius 3 is 2.68 bits per heavy atom. The Labute approximate surface area is 112 Å². The summed E-state index contributed by atoms with van der Waals surface area (Å²) in [4.78, 5) is 0. The van der Waals surface area contributed by atoms with Crippen LogP contribution in [0.15, 0.2) is 18.2 Å². The van der Waals surface area contributed by atoms with E-state index in [1.165, 1.54) is 12.1 Å². The van der Waals surface area contributed by atoms with Gasteiger partial charge < -0.3 is 14.8 Å². The lowest BCUT2D eigenvalue weighted by molar-refractivity contribution is 0.0769. The van der Waals surface area contributed by atoms with Gasteiger partial charge in [-0.15, -0.1) is 0 Å². The number of rotatable bonds is 9. The summed E-state index contributed by atoms with van der Waals surface area (Å²) < 4.78 is 36.6. The highest BCUT2D eigenvalue weighted by molar-refractivity contribution is 5.24. The maximum absolute atomic E-state index is 13.2. The van der Waals surface area contributed by atoms with Crippen LogP contribution in [0.1, 0.15) is 20.3 Å². The zero-order chi connectivity index (χ0) is 14.1. The zero-order valence-electron chi connectivity index (χ0n) is 11.4. The van der Waals surface area contributed by atoms with Crippen LogP contribution in [0.25, 0.3) is 0 Å². The largest absolute Gasteiger partial charge is 0.489 e. The third kappa shape index (κ3) is 6.50. The molecule has 0 amide bonds. The van der Waals surface area contributed by atoms with Crippen molar-refractivity contribution in [2.75, 3.05) is 26.3 Å². The van der Waals surface area contributed by atoms with Crippen LogP contribution in [0, 0.1) is 11.6 Å². The highest BCUT2D eigenvalue weighted by atomic mass is 19.2. The lowest BCUT2D eigenvalue weighted by Gasteiger charge is -2.09. The summed E-state index contributed by atoms with van der Waals surface area (Å²) in [6.07, 6.45) is 1.16. The molecule has 0 fully saturated rings. The van der Waals surface area contributed by atoms with Gasteiger partial charge in [-0.05, 0) is 38.9 Å². The molecule has 5 heteroatoms. The first-order valence-electron chi connectivity index (χ1n) is 6.50. The number of benzene rings is 1. The summed E-state index contributed by atoms with van der Waals surface area (Å²) in [5.74, 6) is -1.88. The monoisotopic (exact) mass is 273 g/mol. The van der Waals surface area contributed by atoms with Gasteiger partial charge in [-0.3, -0.25) is 0 Å². The predicted octanol–water partition coefficient (Wildman–Crippen LogP) is 2.75. The van der Waals surface area contributed by atoms with Gasteiger partial charge in [-0.1, -0.05) is 6.07 Å². The smallest absolute Gasteiger partial charge is 0.200 e. The van der Waals surface area contributed by atoms with E-state index in [1.54, 1.807) is 0 Å². The molecule has 0 aromatic heterocycles. The first kappa shape index (κ1) is 15.9. The summed E-state index contributed by atoms with van der Waals surface area (Å²) in [5.41, 5.74) is 0. The van der Waals surface area contributed by atoms with E-state index in [0.717, 1.165) is 19.0 Å². The number of hydrogen-bond acceptors (Lipinski definition) is 3. The van der Waals surface area contributed by atoms with Gasteiger partial charge in [-0.2, -0.15) is 4.39 Å². The molecule has 19 heavy (non-hydrogen) atoms. The van der Waals surface area contributed by atoms with Crippen LogP contribution < -0.4 is 10.1 Å². The van der Waals surface area contributed by atoms with Crippen LogP contribution in [-0.4, -0.2) is 32.4 Å². The summed E-state index contributed by atoms with van der Waals surface area (Å²) in [6, 6.07) is 3.90. The summed E-state index contributed by atoms with van der Waals surface area (Å²) >= 11 is 0. The van der Waals surface area contributed by atoms with E-state index in [0.29, 0.717) is 19.8 Å². The molecule has 1 aromatic carbocycles. The molecule has 1 rings (SSSR count). The van der Waals surface area contributed by atoms with Crippen LogP contribution in [-0.2, 0) is 4.74 Å².